The molecule has 14 heavy (non-hydrogen) atoms. The summed E-state index contributed by atoms with van der Waals surface area (Å²) in [6.07, 6.45) is 2.46. The third kappa shape index (κ3) is 2.98. The average molecular weight is 196 g/mol. The number of ether oxygens (including phenoxy) is 1. The number of carbonyl (C=O) groups is 2. The van der Waals surface area contributed by atoms with Crippen LogP contribution in [0.25, 0.3) is 0 Å². The molecule has 1 aliphatic rings. The molecular weight excluding hydrogens is 180 g/mol. The maximum atomic E-state index is 11.3. The van der Waals surface area contributed by atoms with Crippen LogP contribution in [0.3, 0.4) is 0 Å². The lowest BCUT2D eigenvalue weighted by Gasteiger charge is -2.23. The number of hydrogen-bond acceptors (Lipinski definition) is 3. The van der Waals surface area contributed by atoms with Crippen LogP contribution in [0.5, 0.6) is 0 Å². The molecule has 3 heteroatoms. The molecule has 0 aromatic rings. The predicted octanol–water partition coefficient (Wildman–Crippen LogP) is 1.86. The Morgan fingerprint density at radius 2 is 2.14 bits per heavy atom. The molecule has 1 rings (SSSR count). The molecule has 3 nitrogen and oxygen atoms in total. The summed E-state index contributed by atoms with van der Waals surface area (Å²) in [6, 6.07) is 0. The van der Waals surface area contributed by atoms with Gasteiger partial charge in [-0.3, -0.25) is 9.59 Å². The van der Waals surface area contributed by atoms with E-state index in [0.29, 0.717) is 18.8 Å². The minimum atomic E-state index is -0.312. The highest BCUT2D eigenvalue weighted by Crippen LogP contribution is 2.24. The summed E-state index contributed by atoms with van der Waals surface area (Å²) in [6.45, 7) is 5.45. The van der Waals surface area contributed by atoms with E-state index in [0.717, 1.165) is 5.57 Å². The van der Waals surface area contributed by atoms with Crippen LogP contribution in [0.1, 0.15) is 33.6 Å². The number of ketones is 1. The number of allylic oxidation sites excluding steroid dienone is 1. The van der Waals surface area contributed by atoms with Crippen LogP contribution in [0.4, 0.5) is 0 Å². The average Bonchev–Trinajstić information content (AvgIpc) is 2.01. The van der Waals surface area contributed by atoms with E-state index in [2.05, 4.69) is 0 Å². The van der Waals surface area contributed by atoms with E-state index < -0.39 is 0 Å². The zero-order valence-electron chi connectivity index (χ0n) is 8.87. The summed E-state index contributed by atoms with van der Waals surface area (Å²) >= 11 is 0. The highest BCUT2D eigenvalue weighted by atomic mass is 16.5. The van der Waals surface area contributed by atoms with Crippen LogP contribution in [0, 0.1) is 5.92 Å². The maximum absolute atomic E-state index is 11.3. The van der Waals surface area contributed by atoms with Gasteiger partial charge in [-0.1, -0.05) is 19.4 Å². The first-order valence-electron chi connectivity index (χ1n) is 4.89. The monoisotopic (exact) mass is 196 g/mol. The van der Waals surface area contributed by atoms with E-state index in [1.54, 1.807) is 6.08 Å². The second-order valence-electron chi connectivity index (χ2n) is 3.98. The topological polar surface area (TPSA) is 43.4 Å². The molecule has 0 amide bonds. The molecule has 0 aromatic carbocycles. The maximum Gasteiger partial charge on any atom is 0.302 e. The van der Waals surface area contributed by atoms with Crippen LogP contribution >= 0.6 is 0 Å². The second kappa shape index (κ2) is 4.40. The van der Waals surface area contributed by atoms with Gasteiger partial charge in [0.1, 0.15) is 6.10 Å². The van der Waals surface area contributed by atoms with E-state index >= 15 is 0 Å². The van der Waals surface area contributed by atoms with Gasteiger partial charge < -0.3 is 4.74 Å². The summed E-state index contributed by atoms with van der Waals surface area (Å²) in [7, 11) is 0. The molecule has 1 aliphatic carbocycles. The lowest BCUT2D eigenvalue weighted by Crippen LogP contribution is -2.25. The number of esters is 1. The largest absolute Gasteiger partial charge is 0.462 e. The molecule has 0 unspecified atom stereocenters. The predicted molar refractivity (Wildman–Crippen MR) is 52.7 cm³/mol. The number of hydrogen-bond donors (Lipinski definition) is 0. The van der Waals surface area contributed by atoms with Gasteiger partial charge in [-0.25, -0.2) is 0 Å². The van der Waals surface area contributed by atoms with Gasteiger partial charge >= 0.3 is 5.97 Å². The van der Waals surface area contributed by atoms with E-state index in [4.69, 9.17) is 4.74 Å². The quantitative estimate of drug-likeness (QED) is 0.633. The smallest absolute Gasteiger partial charge is 0.302 e. The van der Waals surface area contributed by atoms with Gasteiger partial charge in [0.05, 0.1) is 0 Å². The Morgan fingerprint density at radius 3 is 2.64 bits per heavy atom. The molecule has 1 atom stereocenters. The standard InChI is InChI=1S/C11H16O3/c1-7(2)9-4-10(13)6-11(5-9)14-8(3)12/h4,7,11H,5-6H2,1-3H3/t11-/m0/s1. The van der Waals surface area contributed by atoms with Gasteiger partial charge in [0.2, 0.25) is 0 Å². The van der Waals surface area contributed by atoms with Crippen molar-refractivity contribution in [2.75, 3.05) is 0 Å². The molecule has 0 spiro atoms. The molecule has 0 heterocycles. The molecule has 0 fully saturated rings. The first-order valence-corrected chi connectivity index (χ1v) is 4.89. The fraction of sp³-hybridized carbons (Fsp3) is 0.636. The Labute approximate surface area is 84.1 Å². The van der Waals surface area contributed by atoms with Gasteiger partial charge in [-0.05, 0) is 12.0 Å². The first kappa shape index (κ1) is 11.0. The SMILES string of the molecule is CC(=O)O[C@@H]1CC(=O)C=C(C(C)C)C1. The van der Waals surface area contributed by atoms with Gasteiger partial charge in [0.25, 0.3) is 0 Å². The Morgan fingerprint density at radius 1 is 1.50 bits per heavy atom. The molecule has 0 saturated carbocycles. The van der Waals surface area contributed by atoms with Gasteiger partial charge in [0.15, 0.2) is 5.78 Å². The third-order valence-electron chi connectivity index (χ3n) is 2.31. The van der Waals surface area contributed by atoms with Crippen LogP contribution in [0.2, 0.25) is 0 Å². The molecule has 0 saturated heterocycles. The van der Waals surface area contributed by atoms with Crippen molar-refractivity contribution in [3.63, 3.8) is 0 Å². The van der Waals surface area contributed by atoms with Crippen molar-refractivity contribution in [2.45, 2.75) is 39.7 Å². The molecule has 0 aromatic heterocycles. The third-order valence-corrected chi connectivity index (χ3v) is 2.31. The fourth-order valence-electron chi connectivity index (χ4n) is 1.60. The van der Waals surface area contributed by atoms with E-state index in [9.17, 15) is 9.59 Å². The Hall–Kier alpha value is -1.12. The zero-order valence-corrected chi connectivity index (χ0v) is 8.87. The van der Waals surface area contributed by atoms with Gasteiger partial charge in [-0.2, -0.15) is 0 Å². The van der Waals surface area contributed by atoms with Crippen molar-refractivity contribution in [1.82, 2.24) is 0 Å². The minimum Gasteiger partial charge on any atom is -0.462 e. The fourth-order valence-corrected chi connectivity index (χ4v) is 1.60. The van der Waals surface area contributed by atoms with Crippen molar-refractivity contribution in [1.29, 1.82) is 0 Å². The molecule has 0 bridgehead atoms. The Balaban J connectivity index is 2.66. The summed E-state index contributed by atoms with van der Waals surface area (Å²) in [5.74, 6) is 0.0938. The highest BCUT2D eigenvalue weighted by molar-refractivity contribution is 5.92. The first-order chi connectivity index (χ1) is 6.49. The summed E-state index contributed by atoms with van der Waals surface area (Å²) in [5.41, 5.74) is 1.08. The van der Waals surface area contributed by atoms with Crippen molar-refractivity contribution >= 4 is 11.8 Å². The Kier molecular flexibility index (Phi) is 3.44. The van der Waals surface area contributed by atoms with Gasteiger partial charge in [0, 0.05) is 19.8 Å². The van der Waals surface area contributed by atoms with E-state index in [-0.39, 0.29) is 17.9 Å². The van der Waals surface area contributed by atoms with Crippen molar-refractivity contribution in [3.05, 3.63) is 11.6 Å². The Bertz CT molecular complexity index is 276. The van der Waals surface area contributed by atoms with Gasteiger partial charge in [-0.15, -0.1) is 0 Å². The zero-order chi connectivity index (χ0) is 10.7. The molecular formula is C11H16O3. The van der Waals surface area contributed by atoms with Crippen molar-refractivity contribution in [3.8, 4) is 0 Å². The van der Waals surface area contributed by atoms with Crippen LogP contribution in [-0.4, -0.2) is 17.9 Å². The lowest BCUT2D eigenvalue weighted by atomic mass is 9.89. The van der Waals surface area contributed by atoms with Crippen LogP contribution in [0.15, 0.2) is 11.6 Å². The molecule has 0 radical (unpaired) electrons. The summed E-state index contributed by atoms with van der Waals surface area (Å²) in [5, 5.41) is 0. The normalized spacial score (nSPS) is 22.1. The van der Waals surface area contributed by atoms with Crippen LogP contribution < -0.4 is 0 Å². The number of rotatable bonds is 2. The van der Waals surface area contributed by atoms with E-state index in [1.807, 2.05) is 13.8 Å². The summed E-state index contributed by atoms with van der Waals surface area (Å²) < 4.78 is 5.04. The molecule has 78 valence electrons. The molecule has 0 aliphatic heterocycles. The highest BCUT2D eigenvalue weighted by Gasteiger charge is 2.23. The minimum absolute atomic E-state index is 0.0613. The molecule has 0 N–H and O–H groups in total. The van der Waals surface area contributed by atoms with Crippen LogP contribution in [-0.2, 0) is 14.3 Å². The lowest BCUT2D eigenvalue weighted by molar-refractivity contribution is -0.147. The van der Waals surface area contributed by atoms with Crippen molar-refractivity contribution < 1.29 is 14.3 Å². The summed E-state index contributed by atoms with van der Waals surface area (Å²) in [4.78, 5) is 22.0. The van der Waals surface area contributed by atoms with E-state index in [1.165, 1.54) is 6.92 Å². The number of carbonyl (C=O) groups excluding carboxylic acids is 2. The second-order valence-corrected chi connectivity index (χ2v) is 3.98. The van der Waals surface area contributed by atoms with Crippen molar-refractivity contribution in [2.24, 2.45) is 5.92 Å².